The van der Waals surface area contributed by atoms with Crippen LogP contribution in [0.5, 0.6) is 0 Å². The van der Waals surface area contributed by atoms with E-state index in [1.807, 2.05) is 0 Å². The molecule has 1 atom stereocenters. The fraction of sp³-hybridized carbons (Fsp3) is 0.200. The second-order valence-electron chi connectivity index (χ2n) is 3.09. The lowest BCUT2D eigenvalue weighted by Gasteiger charge is -2.19. The molecule has 1 unspecified atom stereocenters. The van der Waals surface area contributed by atoms with Crippen LogP contribution in [0.25, 0.3) is 0 Å². The number of hydrogen-bond donors (Lipinski definition) is 2. The number of aliphatic hydroxyl groups is 1. The van der Waals surface area contributed by atoms with Crippen LogP contribution in [0.15, 0.2) is 30.9 Å². The molecule has 1 rings (SSSR count). The highest BCUT2D eigenvalue weighted by atomic mass is 19.1. The molecule has 2 nitrogen and oxygen atoms in total. The minimum atomic E-state index is -1.38. The Hall–Kier alpha value is -1.35. The fourth-order valence-electron chi connectivity index (χ4n) is 1.04. The normalized spacial score (nSPS) is 15.0. The number of nitrogen functional groups attached to an aromatic ring is 1. The molecule has 0 aliphatic rings. The third kappa shape index (κ3) is 1.87. The van der Waals surface area contributed by atoms with Crippen molar-refractivity contribution in [1.82, 2.24) is 0 Å². The van der Waals surface area contributed by atoms with E-state index in [1.165, 1.54) is 31.2 Å². The van der Waals surface area contributed by atoms with Crippen LogP contribution in [-0.4, -0.2) is 5.11 Å². The van der Waals surface area contributed by atoms with Crippen LogP contribution in [0, 0.1) is 5.82 Å². The van der Waals surface area contributed by atoms with E-state index in [0.29, 0.717) is 5.69 Å². The zero-order valence-corrected chi connectivity index (χ0v) is 7.42. The van der Waals surface area contributed by atoms with Crippen LogP contribution >= 0.6 is 0 Å². The van der Waals surface area contributed by atoms with Gasteiger partial charge < -0.3 is 10.8 Å². The molecule has 0 saturated heterocycles. The maximum atomic E-state index is 13.2. The molecule has 0 bridgehead atoms. The maximum absolute atomic E-state index is 13.2. The van der Waals surface area contributed by atoms with Crippen LogP contribution in [0.2, 0.25) is 0 Å². The van der Waals surface area contributed by atoms with Crippen molar-refractivity contribution in [3.05, 3.63) is 42.2 Å². The lowest BCUT2D eigenvalue weighted by Crippen LogP contribution is -2.19. The largest absolute Gasteiger partial charge is 0.399 e. The minimum absolute atomic E-state index is 0.141. The average molecular weight is 181 g/mol. The SMILES string of the molecule is C=CC(C)(O)c1cc(N)ccc1F. The van der Waals surface area contributed by atoms with Gasteiger partial charge in [0.2, 0.25) is 0 Å². The van der Waals surface area contributed by atoms with E-state index < -0.39 is 11.4 Å². The molecule has 0 aliphatic heterocycles. The summed E-state index contributed by atoms with van der Waals surface area (Å²) >= 11 is 0. The van der Waals surface area contributed by atoms with Gasteiger partial charge in [-0.2, -0.15) is 0 Å². The lowest BCUT2D eigenvalue weighted by atomic mass is 9.95. The smallest absolute Gasteiger partial charge is 0.129 e. The predicted molar refractivity (Wildman–Crippen MR) is 50.6 cm³/mol. The highest BCUT2D eigenvalue weighted by Crippen LogP contribution is 2.25. The number of rotatable bonds is 2. The van der Waals surface area contributed by atoms with Crippen molar-refractivity contribution >= 4 is 5.69 Å². The van der Waals surface area contributed by atoms with E-state index in [-0.39, 0.29) is 5.56 Å². The van der Waals surface area contributed by atoms with Gasteiger partial charge in [0.25, 0.3) is 0 Å². The Morgan fingerprint density at radius 3 is 2.77 bits per heavy atom. The monoisotopic (exact) mass is 181 g/mol. The Balaban J connectivity index is 3.28. The van der Waals surface area contributed by atoms with Gasteiger partial charge >= 0.3 is 0 Å². The summed E-state index contributed by atoms with van der Waals surface area (Å²) in [7, 11) is 0. The third-order valence-corrected chi connectivity index (χ3v) is 1.93. The van der Waals surface area contributed by atoms with E-state index in [2.05, 4.69) is 6.58 Å². The third-order valence-electron chi connectivity index (χ3n) is 1.93. The van der Waals surface area contributed by atoms with Gasteiger partial charge in [-0.15, -0.1) is 0 Å². The van der Waals surface area contributed by atoms with E-state index in [4.69, 9.17) is 5.73 Å². The molecule has 0 heterocycles. The van der Waals surface area contributed by atoms with Gasteiger partial charge in [-0.3, -0.25) is 0 Å². The molecule has 0 saturated carbocycles. The summed E-state index contributed by atoms with van der Waals surface area (Å²) in [5.74, 6) is -0.487. The summed E-state index contributed by atoms with van der Waals surface area (Å²) in [6.07, 6.45) is 1.27. The number of benzene rings is 1. The van der Waals surface area contributed by atoms with Crippen LogP contribution < -0.4 is 5.73 Å². The first-order valence-corrected chi connectivity index (χ1v) is 3.89. The number of hydrogen-bond acceptors (Lipinski definition) is 2. The van der Waals surface area contributed by atoms with E-state index in [1.54, 1.807) is 0 Å². The summed E-state index contributed by atoms with van der Waals surface area (Å²) in [4.78, 5) is 0. The summed E-state index contributed by atoms with van der Waals surface area (Å²) in [6.45, 7) is 4.88. The van der Waals surface area contributed by atoms with Crippen LogP contribution in [0.1, 0.15) is 12.5 Å². The van der Waals surface area contributed by atoms with Gasteiger partial charge in [0.15, 0.2) is 0 Å². The second kappa shape index (κ2) is 3.18. The van der Waals surface area contributed by atoms with Gasteiger partial charge in [-0.05, 0) is 25.1 Å². The fourth-order valence-corrected chi connectivity index (χ4v) is 1.04. The Morgan fingerprint density at radius 1 is 1.62 bits per heavy atom. The Kier molecular flexibility index (Phi) is 2.38. The molecule has 3 heteroatoms. The molecule has 0 spiro atoms. The molecule has 1 aromatic carbocycles. The predicted octanol–water partition coefficient (Wildman–Crippen LogP) is 1.80. The zero-order chi connectivity index (χ0) is 10.1. The van der Waals surface area contributed by atoms with Crippen molar-refractivity contribution < 1.29 is 9.50 Å². The standard InChI is InChI=1S/C10H12FNO/c1-3-10(2,13)8-6-7(12)4-5-9(8)11/h3-6,13H,1,12H2,2H3. The summed E-state index contributed by atoms with van der Waals surface area (Å²) in [6, 6.07) is 4.07. The van der Waals surface area contributed by atoms with E-state index >= 15 is 0 Å². The van der Waals surface area contributed by atoms with Gasteiger partial charge in [-0.1, -0.05) is 12.7 Å². The van der Waals surface area contributed by atoms with Crippen LogP contribution in [0.4, 0.5) is 10.1 Å². The molecule has 0 aliphatic carbocycles. The molecule has 1 aromatic rings. The first-order chi connectivity index (χ1) is 5.97. The highest BCUT2D eigenvalue weighted by molar-refractivity contribution is 5.44. The molecule has 3 N–H and O–H groups in total. The Bertz CT molecular complexity index is 334. The average Bonchev–Trinajstić information content (AvgIpc) is 2.09. The summed E-state index contributed by atoms with van der Waals surface area (Å²) in [5.41, 5.74) is 4.65. The highest BCUT2D eigenvalue weighted by Gasteiger charge is 2.22. The number of halogens is 1. The van der Waals surface area contributed by atoms with Crippen molar-refractivity contribution in [1.29, 1.82) is 0 Å². The van der Waals surface area contributed by atoms with Crippen molar-refractivity contribution in [3.8, 4) is 0 Å². The first-order valence-electron chi connectivity index (χ1n) is 3.89. The molecule has 0 fully saturated rings. The minimum Gasteiger partial charge on any atom is -0.399 e. The molecule has 0 radical (unpaired) electrons. The van der Waals surface area contributed by atoms with Gasteiger partial charge in [-0.25, -0.2) is 4.39 Å². The molecule has 70 valence electrons. The second-order valence-corrected chi connectivity index (χ2v) is 3.09. The summed E-state index contributed by atoms with van der Waals surface area (Å²) < 4.78 is 13.2. The Morgan fingerprint density at radius 2 is 2.23 bits per heavy atom. The molecular weight excluding hydrogens is 169 g/mol. The van der Waals surface area contributed by atoms with Crippen molar-refractivity contribution in [2.24, 2.45) is 0 Å². The molecule has 0 aromatic heterocycles. The lowest BCUT2D eigenvalue weighted by molar-refractivity contribution is 0.107. The maximum Gasteiger partial charge on any atom is 0.129 e. The quantitative estimate of drug-likeness (QED) is 0.539. The topological polar surface area (TPSA) is 46.2 Å². The van der Waals surface area contributed by atoms with Gasteiger partial charge in [0.1, 0.15) is 11.4 Å². The van der Waals surface area contributed by atoms with E-state index in [9.17, 15) is 9.50 Å². The Labute approximate surface area is 76.5 Å². The number of nitrogens with two attached hydrogens (primary N) is 1. The van der Waals surface area contributed by atoms with Crippen molar-refractivity contribution in [2.75, 3.05) is 5.73 Å². The van der Waals surface area contributed by atoms with Crippen molar-refractivity contribution in [2.45, 2.75) is 12.5 Å². The van der Waals surface area contributed by atoms with E-state index in [0.717, 1.165) is 0 Å². The van der Waals surface area contributed by atoms with Crippen LogP contribution in [-0.2, 0) is 5.60 Å². The van der Waals surface area contributed by atoms with Gasteiger partial charge in [0.05, 0.1) is 0 Å². The molecular formula is C10H12FNO. The molecule has 13 heavy (non-hydrogen) atoms. The zero-order valence-electron chi connectivity index (χ0n) is 7.42. The summed E-state index contributed by atoms with van der Waals surface area (Å²) in [5, 5.41) is 9.69. The molecule has 0 amide bonds. The van der Waals surface area contributed by atoms with Gasteiger partial charge in [0, 0.05) is 11.3 Å². The van der Waals surface area contributed by atoms with Crippen LogP contribution in [0.3, 0.4) is 0 Å². The first kappa shape index (κ1) is 9.74. The number of anilines is 1. The van der Waals surface area contributed by atoms with Crippen molar-refractivity contribution in [3.63, 3.8) is 0 Å².